The van der Waals surface area contributed by atoms with Crippen LogP contribution in [0.5, 0.6) is 0 Å². The first-order valence-corrected chi connectivity index (χ1v) is 13.2. The molecule has 2 aromatic heterocycles. The Balaban J connectivity index is 1.30. The highest BCUT2D eigenvalue weighted by atomic mass is 32.2. The van der Waals surface area contributed by atoms with Crippen molar-refractivity contribution in [2.45, 2.75) is 64.0 Å². The SMILES string of the molecule is CCC(O)C1CCN(S(=O)(=O)C[C@H]2CC[C@H](N(C)c3ncnc4[nH]ccc34)CC2)CC1. The quantitative estimate of drug-likeness (QED) is 0.674. The number of H-pyrrole nitrogens is 1. The number of fused-ring (bicyclic) bond motifs is 1. The number of aliphatic hydroxyl groups is 1. The minimum absolute atomic E-state index is 0.214. The van der Waals surface area contributed by atoms with E-state index >= 15 is 0 Å². The van der Waals surface area contributed by atoms with Crippen molar-refractivity contribution in [1.82, 2.24) is 19.3 Å². The summed E-state index contributed by atoms with van der Waals surface area (Å²) in [5.74, 6) is 1.63. The maximum atomic E-state index is 13.0. The van der Waals surface area contributed by atoms with E-state index in [4.69, 9.17) is 0 Å². The summed E-state index contributed by atoms with van der Waals surface area (Å²) >= 11 is 0. The first kappa shape index (κ1) is 22.5. The molecule has 0 spiro atoms. The standard InChI is InChI=1S/C22H35N5O3S/c1-3-20(28)17-9-12-27(13-10-17)31(29,30)14-16-4-6-18(7-5-16)26(2)22-19-8-11-23-21(19)24-15-25-22/h8,11,15-18,20,28H,3-7,9-10,12-14H2,1-2H3,(H,23,24,25)/t16-,18-,20?. The van der Waals surface area contributed by atoms with Crippen LogP contribution in [0.3, 0.4) is 0 Å². The molecule has 0 bridgehead atoms. The fraction of sp³-hybridized carbons (Fsp3) is 0.727. The largest absolute Gasteiger partial charge is 0.393 e. The number of hydrogen-bond donors (Lipinski definition) is 2. The lowest BCUT2D eigenvalue weighted by Gasteiger charge is -2.37. The molecule has 8 nitrogen and oxygen atoms in total. The third-order valence-corrected chi connectivity index (χ3v) is 9.38. The van der Waals surface area contributed by atoms with Crippen molar-refractivity contribution in [3.8, 4) is 0 Å². The van der Waals surface area contributed by atoms with Crippen LogP contribution < -0.4 is 4.90 Å². The molecular formula is C22H35N5O3S. The van der Waals surface area contributed by atoms with Crippen molar-refractivity contribution in [1.29, 1.82) is 0 Å². The third kappa shape index (κ3) is 4.88. The number of hydrogen-bond acceptors (Lipinski definition) is 6. The third-order valence-electron chi connectivity index (χ3n) is 7.33. The van der Waals surface area contributed by atoms with Gasteiger partial charge in [-0.05, 0) is 62.8 Å². The summed E-state index contributed by atoms with van der Waals surface area (Å²) in [4.78, 5) is 14.1. The van der Waals surface area contributed by atoms with Gasteiger partial charge in [0.1, 0.15) is 17.8 Å². The van der Waals surface area contributed by atoms with E-state index in [1.54, 1.807) is 10.6 Å². The Morgan fingerprint density at radius 1 is 1.19 bits per heavy atom. The summed E-state index contributed by atoms with van der Waals surface area (Å²) in [6.07, 6.45) is 9.20. The number of aromatic amines is 1. The Kier molecular flexibility index (Phi) is 6.83. The first-order chi connectivity index (χ1) is 14.9. The van der Waals surface area contributed by atoms with Crippen LogP contribution in [0.4, 0.5) is 5.82 Å². The minimum atomic E-state index is -3.24. The Labute approximate surface area is 185 Å². The molecule has 1 atom stereocenters. The molecular weight excluding hydrogens is 414 g/mol. The zero-order valence-corrected chi connectivity index (χ0v) is 19.4. The second-order valence-corrected chi connectivity index (χ2v) is 11.2. The molecule has 0 radical (unpaired) electrons. The Morgan fingerprint density at radius 3 is 2.58 bits per heavy atom. The highest BCUT2D eigenvalue weighted by Gasteiger charge is 2.34. The smallest absolute Gasteiger partial charge is 0.214 e. The van der Waals surface area contributed by atoms with E-state index in [-0.39, 0.29) is 23.7 Å². The van der Waals surface area contributed by atoms with Crippen LogP contribution in [0.15, 0.2) is 18.6 Å². The molecule has 0 amide bonds. The predicted molar refractivity (Wildman–Crippen MR) is 122 cm³/mol. The van der Waals surface area contributed by atoms with Gasteiger partial charge in [-0.15, -0.1) is 0 Å². The zero-order valence-electron chi connectivity index (χ0n) is 18.6. The number of aliphatic hydroxyl groups excluding tert-OH is 1. The van der Waals surface area contributed by atoms with Crippen LogP contribution >= 0.6 is 0 Å². The molecule has 1 saturated heterocycles. The number of nitrogens with one attached hydrogen (secondary N) is 1. The van der Waals surface area contributed by atoms with Crippen molar-refractivity contribution in [2.24, 2.45) is 11.8 Å². The summed E-state index contributed by atoms with van der Waals surface area (Å²) in [5.41, 5.74) is 0.840. The Bertz CT molecular complexity index is 962. The van der Waals surface area contributed by atoms with Crippen molar-refractivity contribution < 1.29 is 13.5 Å². The molecule has 2 N–H and O–H groups in total. The molecule has 1 aliphatic carbocycles. The second kappa shape index (κ2) is 9.42. The first-order valence-electron chi connectivity index (χ1n) is 11.6. The summed E-state index contributed by atoms with van der Waals surface area (Å²) in [6, 6.07) is 2.36. The van der Waals surface area contributed by atoms with Gasteiger partial charge in [0.05, 0.1) is 17.2 Å². The van der Waals surface area contributed by atoms with E-state index in [1.165, 1.54) is 0 Å². The fourth-order valence-electron chi connectivity index (χ4n) is 5.29. The lowest BCUT2D eigenvalue weighted by Crippen LogP contribution is -2.44. The van der Waals surface area contributed by atoms with E-state index in [0.717, 1.165) is 61.8 Å². The molecule has 2 aliphatic rings. The second-order valence-electron chi connectivity index (χ2n) is 9.21. The number of piperidine rings is 1. The van der Waals surface area contributed by atoms with Gasteiger partial charge in [-0.1, -0.05) is 6.92 Å². The molecule has 9 heteroatoms. The zero-order chi connectivity index (χ0) is 22.0. The van der Waals surface area contributed by atoms with Gasteiger partial charge < -0.3 is 15.0 Å². The van der Waals surface area contributed by atoms with E-state index in [2.05, 4.69) is 26.9 Å². The van der Waals surface area contributed by atoms with Crippen molar-refractivity contribution in [3.63, 3.8) is 0 Å². The average molecular weight is 450 g/mol. The average Bonchev–Trinajstić information content (AvgIpc) is 3.27. The van der Waals surface area contributed by atoms with Crippen LogP contribution in [-0.4, -0.2) is 70.8 Å². The normalized spacial score (nSPS) is 25.0. The van der Waals surface area contributed by atoms with Gasteiger partial charge in [-0.2, -0.15) is 0 Å². The van der Waals surface area contributed by atoms with Crippen LogP contribution in [0, 0.1) is 11.8 Å². The lowest BCUT2D eigenvalue weighted by atomic mass is 9.86. The number of sulfonamides is 1. The van der Waals surface area contributed by atoms with Crippen LogP contribution in [-0.2, 0) is 10.0 Å². The summed E-state index contributed by atoms with van der Waals surface area (Å²) in [6.45, 7) is 3.07. The maximum Gasteiger partial charge on any atom is 0.214 e. The van der Waals surface area contributed by atoms with Gasteiger partial charge in [-0.25, -0.2) is 22.7 Å². The van der Waals surface area contributed by atoms with Crippen molar-refractivity contribution in [3.05, 3.63) is 18.6 Å². The van der Waals surface area contributed by atoms with Gasteiger partial charge in [0.15, 0.2) is 0 Å². The van der Waals surface area contributed by atoms with Gasteiger partial charge in [0, 0.05) is 32.4 Å². The molecule has 2 aromatic rings. The number of rotatable bonds is 7. The van der Waals surface area contributed by atoms with Gasteiger partial charge in [0.2, 0.25) is 10.0 Å². The number of anilines is 1. The molecule has 1 aliphatic heterocycles. The summed E-state index contributed by atoms with van der Waals surface area (Å²) < 4.78 is 27.6. The Morgan fingerprint density at radius 2 is 1.90 bits per heavy atom. The van der Waals surface area contributed by atoms with E-state index < -0.39 is 10.0 Å². The fourth-order valence-corrected chi connectivity index (χ4v) is 7.19. The summed E-state index contributed by atoms with van der Waals surface area (Å²) in [7, 11) is -1.16. The maximum absolute atomic E-state index is 13.0. The topological polar surface area (TPSA) is 102 Å². The minimum Gasteiger partial charge on any atom is -0.393 e. The van der Waals surface area contributed by atoms with Crippen LogP contribution in [0.1, 0.15) is 51.9 Å². The number of aromatic nitrogens is 3. The monoisotopic (exact) mass is 449 g/mol. The molecule has 172 valence electrons. The van der Waals surface area contributed by atoms with E-state index in [9.17, 15) is 13.5 Å². The Hall–Kier alpha value is -1.71. The van der Waals surface area contributed by atoms with Crippen LogP contribution in [0.2, 0.25) is 0 Å². The highest BCUT2D eigenvalue weighted by Crippen LogP contribution is 2.33. The molecule has 2 fully saturated rings. The van der Waals surface area contributed by atoms with Crippen molar-refractivity contribution >= 4 is 26.9 Å². The molecule has 31 heavy (non-hydrogen) atoms. The molecule has 0 aromatic carbocycles. The highest BCUT2D eigenvalue weighted by molar-refractivity contribution is 7.89. The predicted octanol–water partition coefficient (Wildman–Crippen LogP) is 2.77. The molecule has 1 saturated carbocycles. The van der Waals surface area contributed by atoms with Gasteiger partial charge >= 0.3 is 0 Å². The number of nitrogens with zero attached hydrogens (tertiary/aromatic N) is 4. The molecule has 3 heterocycles. The van der Waals surface area contributed by atoms with Crippen LogP contribution in [0.25, 0.3) is 11.0 Å². The van der Waals surface area contributed by atoms with Gasteiger partial charge in [-0.3, -0.25) is 0 Å². The summed E-state index contributed by atoms with van der Waals surface area (Å²) in [5, 5.41) is 11.1. The molecule has 4 rings (SSSR count). The van der Waals surface area contributed by atoms with Crippen molar-refractivity contribution in [2.75, 3.05) is 30.8 Å². The van der Waals surface area contributed by atoms with E-state index in [1.807, 2.05) is 19.2 Å². The van der Waals surface area contributed by atoms with Gasteiger partial charge in [0.25, 0.3) is 0 Å². The van der Waals surface area contributed by atoms with E-state index in [0.29, 0.717) is 19.1 Å². The lowest BCUT2D eigenvalue weighted by molar-refractivity contribution is 0.0732. The molecule has 1 unspecified atom stereocenters.